The number of carbonyl (C=O) groups excluding carboxylic acids is 2. The molecular formula is C27H30Br2O2. The molecule has 0 atom stereocenters. The largest absolute Gasteiger partial charge is 0.289 e. The lowest BCUT2D eigenvalue weighted by molar-refractivity contribution is 0.103. The third-order valence-electron chi connectivity index (χ3n) is 5.36. The quantitative estimate of drug-likeness (QED) is 0.214. The molecular weight excluding hydrogens is 516 g/mol. The summed E-state index contributed by atoms with van der Waals surface area (Å²) in [6.45, 7) is 14.9. The van der Waals surface area contributed by atoms with Crippen molar-refractivity contribution in [1.82, 2.24) is 0 Å². The zero-order chi connectivity index (χ0) is 23.6. The lowest BCUT2D eigenvalue weighted by Gasteiger charge is -2.19. The Morgan fingerprint density at radius 1 is 0.839 bits per heavy atom. The van der Waals surface area contributed by atoms with Gasteiger partial charge in [-0.15, -0.1) is 0 Å². The number of allylic oxidation sites excluding steroid dienone is 4. The second kappa shape index (κ2) is 9.79. The predicted molar refractivity (Wildman–Crippen MR) is 137 cm³/mol. The Hall–Kier alpha value is -1.78. The van der Waals surface area contributed by atoms with Crippen molar-refractivity contribution in [3.8, 4) is 0 Å². The minimum Gasteiger partial charge on any atom is -0.289 e. The molecule has 2 nitrogen and oxygen atoms in total. The van der Waals surface area contributed by atoms with Crippen molar-refractivity contribution in [3.05, 3.63) is 91.4 Å². The lowest BCUT2D eigenvalue weighted by atomic mass is 9.86. The van der Waals surface area contributed by atoms with Gasteiger partial charge in [0.1, 0.15) is 0 Å². The summed E-state index contributed by atoms with van der Waals surface area (Å²) in [7, 11) is 0. The molecule has 31 heavy (non-hydrogen) atoms. The molecule has 0 N–H and O–H groups in total. The molecule has 0 saturated heterocycles. The van der Waals surface area contributed by atoms with Gasteiger partial charge in [-0.2, -0.15) is 0 Å². The molecule has 0 aliphatic carbocycles. The van der Waals surface area contributed by atoms with Crippen molar-refractivity contribution < 1.29 is 9.59 Å². The molecule has 0 saturated carbocycles. The van der Waals surface area contributed by atoms with Crippen LogP contribution in [-0.4, -0.2) is 11.6 Å². The molecule has 2 aromatic rings. The zero-order valence-corrected chi connectivity index (χ0v) is 22.4. The van der Waals surface area contributed by atoms with Gasteiger partial charge in [0, 0.05) is 25.6 Å². The first kappa shape index (κ1) is 25.5. The minimum atomic E-state index is -0.126. The van der Waals surface area contributed by atoms with Crippen LogP contribution < -0.4 is 0 Å². The Kier molecular flexibility index (Phi) is 8.04. The number of ketones is 2. The van der Waals surface area contributed by atoms with Crippen LogP contribution in [0.15, 0.2) is 69.1 Å². The first-order valence-electron chi connectivity index (χ1n) is 10.3. The summed E-state index contributed by atoms with van der Waals surface area (Å²) in [5.74, 6) is -0.217. The molecule has 4 heteroatoms. The number of rotatable bonds is 5. The molecule has 0 radical (unpaired) electrons. The van der Waals surface area contributed by atoms with Gasteiger partial charge in [0.05, 0.1) is 0 Å². The van der Waals surface area contributed by atoms with Crippen LogP contribution in [0.1, 0.15) is 80.3 Å². The molecule has 2 aromatic carbocycles. The van der Waals surface area contributed by atoms with Crippen LogP contribution in [0.3, 0.4) is 0 Å². The van der Waals surface area contributed by atoms with Crippen molar-refractivity contribution in [2.75, 3.05) is 0 Å². The van der Waals surface area contributed by atoms with E-state index in [0.29, 0.717) is 25.6 Å². The SMILES string of the molecule is C/C(=C\C=C\C(=O)c1cc(Br)c(C(=O)c2ccc(C(C)(C)C)cc2)cc1Br)C(C)(C)C. The Morgan fingerprint density at radius 3 is 1.87 bits per heavy atom. The number of carbonyl (C=O) groups is 2. The molecule has 0 unspecified atom stereocenters. The maximum Gasteiger partial charge on any atom is 0.194 e. The van der Waals surface area contributed by atoms with Gasteiger partial charge in [0.15, 0.2) is 11.6 Å². The molecule has 0 bridgehead atoms. The molecule has 0 aromatic heterocycles. The van der Waals surface area contributed by atoms with Crippen molar-refractivity contribution >= 4 is 43.4 Å². The van der Waals surface area contributed by atoms with E-state index < -0.39 is 0 Å². The Bertz CT molecular complexity index is 1040. The fourth-order valence-corrected chi connectivity index (χ4v) is 3.87. The highest BCUT2D eigenvalue weighted by molar-refractivity contribution is 9.11. The van der Waals surface area contributed by atoms with Gasteiger partial charge in [0.2, 0.25) is 0 Å². The van der Waals surface area contributed by atoms with E-state index in [0.717, 1.165) is 0 Å². The van der Waals surface area contributed by atoms with Crippen LogP contribution in [-0.2, 0) is 5.41 Å². The van der Waals surface area contributed by atoms with E-state index in [1.807, 2.05) is 30.3 Å². The van der Waals surface area contributed by atoms with Gasteiger partial charge in [-0.1, -0.05) is 115 Å². The highest BCUT2D eigenvalue weighted by Gasteiger charge is 2.19. The first-order valence-corrected chi connectivity index (χ1v) is 11.8. The van der Waals surface area contributed by atoms with Gasteiger partial charge < -0.3 is 0 Å². The predicted octanol–water partition coefficient (Wildman–Crippen LogP) is 8.47. The third kappa shape index (κ3) is 6.60. The molecule has 0 aliphatic heterocycles. The first-order chi connectivity index (χ1) is 14.2. The monoisotopic (exact) mass is 544 g/mol. The summed E-state index contributed by atoms with van der Waals surface area (Å²) in [6.07, 6.45) is 5.29. The molecule has 0 heterocycles. The summed E-state index contributed by atoms with van der Waals surface area (Å²) in [6, 6.07) is 11.1. The second-order valence-corrected chi connectivity index (χ2v) is 11.5. The van der Waals surface area contributed by atoms with E-state index in [-0.39, 0.29) is 22.4 Å². The summed E-state index contributed by atoms with van der Waals surface area (Å²) in [4.78, 5) is 25.7. The van der Waals surface area contributed by atoms with E-state index in [2.05, 4.69) is 80.3 Å². The number of hydrogen-bond donors (Lipinski definition) is 0. The average Bonchev–Trinajstić information content (AvgIpc) is 2.67. The van der Waals surface area contributed by atoms with Crippen molar-refractivity contribution in [1.29, 1.82) is 0 Å². The third-order valence-corrected chi connectivity index (χ3v) is 6.67. The number of halogens is 2. The van der Waals surface area contributed by atoms with Crippen molar-refractivity contribution in [3.63, 3.8) is 0 Å². The number of hydrogen-bond acceptors (Lipinski definition) is 2. The summed E-state index contributed by atoms with van der Waals surface area (Å²) < 4.78 is 1.19. The maximum atomic E-state index is 13.0. The molecule has 0 fully saturated rings. The van der Waals surface area contributed by atoms with Crippen LogP contribution in [0.4, 0.5) is 0 Å². The summed E-state index contributed by atoms with van der Waals surface area (Å²) in [5, 5.41) is 0. The Balaban J connectivity index is 2.29. The Morgan fingerprint density at radius 2 is 1.35 bits per heavy atom. The molecule has 164 valence electrons. The smallest absolute Gasteiger partial charge is 0.194 e. The average molecular weight is 546 g/mol. The normalized spacial score (nSPS) is 13.0. The molecule has 2 rings (SSSR count). The van der Waals surface area contributed by atoms with Crippen molar-refractivity contribution in [2.45, 2.75) is 53.9 Å². The van der Waals surface area contributed by atoms with E-state index in [1.165, 1.54) is 11.1 Å². The number of benzene rings is 2. The molecule has 0 amide bonds. The van der Waals surface area contributed by atoms with Gasteiger partial charge in [0.25, 0.3) is 0 Å². The second-order valence-electron chi connectivity index (χ2n) is 9.79. The summed E-state index contributed by atoms with van der Waals surface area (Å²) in [5.41, 5.74) is 4.08. The van der Waals surface area contributed by atoms with Crippen LogP contribution in [0.25, 0.3) is 0 Å². The minimum absolute atomic E-state index is 0.0291. The maximum absolute atomic E-state index is 13.0. The molecule has 0 aliphatic rings. The Labute approximate surface area is 203 Å². The standard InChI is InChI=1S/C27H30Br2O2/c1-17(26(2,3)4)9-8-10-24(30)20-15-23(29)21(16-22(20)28)25(31)18-11-13-19(14-12-18)27(5,6)7/h8-16H,1-7H3/b10-8+,17-9+. The van der Waals surface area contributed by atoms with Gasteiger partial charge in [-0.3, -0.25) is 9.59 Å². The zero-order valence-electron chi connectivity index (χ0n) is 19.3. The molecule has 0 spiro atoms. The fourth-order valence-electron chi connectivity index (χ4n) is 2.81. The van der Waals surface area contributed by atoms with E-state index >= 15 is 0 Å². The van der Waals surface area contributed by atoms with Crippen LogP contribution in [0, 0.1) is 5.41 Å². The van der Waals surface area contributed by atoms with Gasteiger partial charge >= 0.3 is 0 Å². The van der Waals surface area contributed by atoms with Crippen LogP contribution >= 0.6 is 31.9 Å². The lowest BCUT2D eigenvalue weighted by Crippen LogP contribution is -2.11. The van der Waals surface area contributed by atoms with E-state index in [9.17, 15) is 9.59 Å². The van der Waals surface area contributed by atoms with Crippen LogP contribution in [0.5, 0.6) is 0 Å². The fraction of sp³-hybridized carbons (Fsp3) is 0.333. The topological polar surface area (TPSA) is 34.1 Å². The van der Waals surface area contributed by atoms with Gasteiger partial charge in [-0.05, 0) is 41.5 Å². The van der Waals surface area contributed by atoms with E-state index in [1.54, 1.807) is 24.3 Å². The highest BCUT2D eigenvalue weighted by Crippen LogP contribution is 2.30. The summed E-state index contributed by atoms with van der Waals surface area (Å²) >= 11 is 6.95. The highest BCUT2D eigenvalue weighted by atomic mass is 79.9. The van der Waals surface area contributed by atoms with E-state index in [4.69, 9.17) is 0 Å². The van der Waals surface area contributed by atoms with Crippen molar-refractivity contribution in [2.24, 2.45) is 5.41 Å². The van der Waals surface area contributed by atoms with Crippen LogP contribution in [0.2, 0.25) is 0 Å². The van der Waals surface area contributed by atoms with Gasteiger partial charge in [-0.25, -0.2) is 0 Å².